The average molecular weight is 709 g/mol. The van der Waals surface area contributed by atoms with Gasteiger partial charge in [-0.15, -0.1) is 0 Å². The molecule has 0 spiro atoms. The van der Waals surface area contributed by atoms with Crippen molar-refractivity contribution < 1.29 is 56.8 Å². The van der Waals surface area contributed by atoms with E-state index in [9.17, 15) is 25.3 Å². The van der Waals surface area contributed by atoms with Gasteiger partial charge in [0.1, 0.15) is 23.9 Å². The molecule has 0 radical (unpaired) electrons. The van der Waals surface area contributed by atoms with Crippen molar-refractivity contribution in [2.75, 3.05) is 40.1 Å². The van der Waals surface area contributed by atoms with Crippen molar-refractivity contribution in [3.63, 3.8) is 0 Å². The van der Waals surface area contributed by atoms with Crippen molar-refractivity contribution in [3.8, 4) is 62.5 Å². The fourth-order valence-electron chi connectivity index (χ4n) is 4.46. The lowest BCUT2D eigenvalue weighted by atomic mass is 9.96. The lowest BCUT2D eigenvalue weighted by molar-refractivity contribution is 0.296. The molecule has 13 nitrogen and oxygen atoms in total. The minimum Gasteiger partial charge on any atom is -0.497 e. The summed E-state index contributed by atoms with van der Waals surface area (Å²) in [6.45, 7) is 0.0613. The second-order valence-electron chi connectivity index (χ2n) is 10.0. The number of benzene rings is 4. The third-order valence-corrected chi connectivity index (χ3v) is 7.75. The van der Waals surface area contributed by atoms with E-state index in [2.05, 4.69) is 0 Å². The highest BCUT2D eigenvalue weighted by atomic mass is 32.2. The quantitative estimate of drug-likeness (QED) is 0.166. The van der Waals surface area contributed by atoms with Crippen molar-refractivity contribution in [3.05, 3.63) is 78.4 Å². The van der Waals surface area contributed by atoms with Gasteiger partial charge in [-0.25, -0.2) is 0 Å². The van der Waals surface area contributed by atoms with E-state index < -0.39 is 30.4 Å². The highest BCUT2D eigenvalue weighted by Gasteiger charge is 2.27. The molecular formula is C31H32O13S3. The average Bonchev–Trinajstić information content (AvgIpc) is 2.98. The summed E-state index contributed by atoms with van der Waals surface area (Å²) in [6, 6.07) is 18.9. The maximum Gasteiger partial charge on any atom is 0.306 e. The summed E-state index contributed by atoms with van der Waals surface area (Å²) in [6.07, 6.45) is 2.63. The van der Waals surface area contributed by atoms with E-state index in [1.54, 1.807) is 43.5 Å². The van der Waals surface area contributed by atoms with Gasteiger partial charge < -0.3 is 31.5 Å². The predicted octanol–water partition coefficient (Wildman–Crippen LogP) is 4.64. The van der Waals surface area contributed by atoms with Crippen molar-refractivity contribution in [1.82, 2.24) is 0 Å². The molecule has 4 aromatic rings. The topological polar surface area (TPSA) is 167 Å². The van der Waals surface area contributed by atoms with Crippen LogP contribution in [0.15, 0.2) is 72.8 Å². The Bertz CT molecular complexity index is 2070. The maximum absolute atomic E-state index is 12.5. The van der Waals surface area contributed by atoms with Gasteiger partial charge in [0, 0.05) is 5.56 Å². The standard InChI is InChI=1S/C31H32O13S3/c1-38-23-12-7-20(8-13-23)19-41-26-16-11-22(17-27(26)43-46(5,34)35)29-28(39-2)18-25(30(40-3)31(29)44-47(6,36)37)21-9-14-24(15-10-21)42-45(4,32)33/h7-18H,19H2,1-6H3. The first-order valence-corrected chi connectivity index (χ1v) is 18.9. The lowest BCUT2D eigenvalue weighted by Gasteiger charge is -2.21. The van der Waals surface area contributed by atoms with Crippen LogP contribution in [-0.4, -0.2) is 65.4 Å². The molecule has 0 saturated carbocycles. The molecule has 4 aromatic carbocycles. The van der Waals surface area contributed by atoms with Crippen LogP contribution in [0.3, 0.4) is 0 Å². The Morgan fingerprint density at radius 2 is 1.09 bits per heavy atom. The molecule has 0 aliphatic carbocycles. The molecule has 4 rings (SSSR count). The largest absolute Gasteiger partial charge is 0.497 e. The zero-order valence-electron chi connectivity index (χ0n) is 26.2. The molecule has 0 amide bonds. The fourth-order valence-corrected chi connectivity index (χ4v) is 5.84. The zero-order chi connectivity index (χ0) is 34.6. The minimum absolute atomic E-state index is 0.0200. The summed E-state index contributed by atoms with van der Waals surface area (Å²) in [5.74, 6) is 0.438. The first-order valence-electron chi connectivity index (χ1n) is 13.5. The van der Waals surface area contributed by atoms with Gasteiger partial charge in [-0.3, -0.25) is 0 Å². The Morgan fingerprint density at radius 3 is 1.62 bits per heavy atom. The Kier molecular flexibility index (Phi) is 10.5. The minimum atomic E-state index is -4.17. The van der Waals surface area contributed by atoms with E-state index in [1.807, 2.05) is 0 Å². The maximum atomic E-state index is 12.5. The molecule has 0 N–H and O–H groups in total. The van der Waals surface area contributed by atoms with Crippen molar-refractivity contribution in [1.29, 1.82) is 0 Å². The fraction of sp³-hybridized carbons (Fsp3) is 0.226. The van der Waals surface area contributed by atoms with E-state index in [0.29, 0.717) is 16.9 Å². The number of ether oxygens (including phenoxy) is 4. The summed E-state index contributed by atoms with van der Waals surface area (Å²) in [5.41, 5.74) is 1.88. The number of rotatable bonds is 14. The van der Waals surface area contributed by atoms with Gasteiger partial charge in [-0.2, -0.15) is 25.3 Å². The summed E-state index contributed by atoms with van der Waals surface area (Å²) >= 11 is 0. The number of hydrogen-bond donors (Lipinski definition) is 0. The predicted molar refractivity (Wildman–Crippen MR) is 174 cm³/mol. The normalized spacial score (nSPS) is 11.8. The second-order valence-corrected chi connectivity index (χ2v) is 14.8. The second kappa shape index (κ2) is 14.0. The van der Waals surface area contributed by atoms with E-state index in [-0.39, 0.29) is 52.2 Å². The van der Waals surface area contributed by atoms with Crippen LogP contribution in [0, 0.1) is 0 Å². The summed E-state index contributed by atoms with van der Waals surface area (Å²) in [5, 5.41) is 0. The highest BCUT2D eigenvalue weighted by molar-refractivity contribution is 7.86. The molecule has 252 valence electrons. The van der Waals surface area contributed by atoms with Crippen LogP contribution >= 0.6 is 0 Å². The molecule has 0 aliphatic heterocycles. The van der Waals surface area contributed by atoms with Gasteiger partial charge >= 0.3 is 30.4 Å². The molecule has 47 heavy (non-hydrogen) atoms. The molecular weight excluding hydrogens is 677 g/mol. The first-order chi connectivity index (χ1) is 22.0. The molecule has 0 saturated heterocycles. The van der Waals surface area contributed by atoms with Gasteiger partial charge in [-0.05, 0) is 59.2 Å². The van der Waals surface area contributed by atoms with Crippen LogP contribution in [-0.2, 0) is 37.0 Å². The first kappa shape index (κ1) is 35.2. The molecule has 0 aliphatic rings. The third-order valence-electron chi connectivity index (χ3n) is 6.30. The Balaban J connectivity index is 1.88. The van der Waals surface area contributed by atoms with Crippen LogP contribution in [0.4, 0.5) is 0 Å². The number of methoxy groups -OCH3 is 3. The summed E-state index contributed by atoms with van der Waals surface area (Å²) in [4.78, 5) is 0. The molecule has 0 aromatic heterocycles. The molecule has 0 atom stereocenters. The Hall–Kier alpha value is -4.67. The summed E-state index contributed by atoms with van der Waals surface area (Å²) < 4.78 is 111. The van der Waals surface area contributed by atoms with Crippen molar-refractivity contribution >= 4 is 30.4 Å². The molecule has 0 fully saturated rings. The molecule has 0 unspecified atom stereocenters. The van der Waals surface area contributed by atoms with E-state index in [4.69, 9.17) is 31.5 Å². The smallest absolute Gasteiger partial charge is 0.306 e. The third kappa shape index (κ3) is 9.43. The van der Waals surface area contributed by atoms with Crippen LogP contribution in [0.25, 0.3) is 22.3 Å². The highest BCUT2D eigenvalue weighted by Crippen LogP contribution is 2.52. The van der Waals surface area contributed by atoms with Gasteiger partial charge in [0.05, 0.1) is 45.7 Å². The SMILES string of the molecule is COc1ccc(COc2ccc(-c3c(OC)cc(-c4ccc(OS(C)(=O)=O)cc4)c(OC)c3OS(C)(=O)=O)cc2OS(C)(=O)=O)cc1. The van der Waals surface area contributed by atoms with Gasteiger partial charge in [0.25, 0.3) is 0 Å². The monoisotopic (exact) mass is 708 g/mol. The summed E-state index contributed by atoms with van der Waals surface area (Å²) in [7, 11) is -7.78. The molecule has 16 heteroatoms. The molecule has 0 bridgehead atoms. The van der Waals surface area contributed by atoms with E-state index in [0.717, 1.165) is 24.3 Å². The van der Waals surface area contributed by atoms with Crippen LogP contribution < -0.4 is 31.5 Å². The van der Waals surface area contributed by atoms with Crippen LogP contribution in [0.5, 0.6) is 40.2 Å². The van der Waals surface area contributed by atoms with Gasteiger partial charge in [0.15, 0.2) is 23.0 Å². The Labute approximate surface area is 273 Å². The lowest BCUT2D eigenvalue weighted by Crippen LogP contribution is -2.10. The zero-order valence-corrected chi connectivity index (χ0v) is 28.6. The van der Waals surface area contributed by atoms with Crippen molar-refractivity contribution in [2.24, 2.45) is 0 Å². The van der Waals surface area contributed by atoms with Gasteiger partial charge in [0.2, 0.25) is 0 Å². The van der Waals surface area contributed by atoms with Gasteiger partial charge in [-0.1, -0.05) is 30.3 Å². The van der Waals surface area contributed by atoms with Crippen LogP contribution in [0.2, 0.25) is 0 Å². The van der Waals surface area contributed by atoms with E-state index >= 15 is 0 Å². The molecule has 0 heterocycles. The van der Waals surface area contributed by atoms with E-state index in [1.165, 1.54) is 50.6 Å². The Morgan fingerprint density at radius 1 is 0.511 bits per heavy atom. The van der Waals surface area contributed by atoms with Crippen molar-refractivity contribution in [2.45, 2.75) is 6.61 Å². The van der Waals surface area contributed by atoms with Crippen LogP contribution in [0.1, 0.15) is 5.56 Å². The number of hydrogen-bond acceptors (Lipinski definition) is 13.